The second kappa shape index (κ2) is 8.57. The Kier molecular flexibility index (Phi) is 5.93. The lowest BCUT2D eigenvalue weighted by Gasteiger charge is -2.36. The van der Waals surface area contributed by atoms with Crippen molar-refractivity contribution in [1.29, 1.82) is 5.26 Å². The number of hydrogen-bond acceptors (Lipinski definition) is 5. The van der Waals surface area contributed by atoms with Gasteiger partial charge in [0.1, 0.15) is 11.6 Å². The number of piperazine rings is 1. The van der Waals surface area contributed by atoms with E-state index in [-0.39, 0.29) is 17.2 Å². The Morgan fingerprint density at radius 2 is 1.76 bits per heavy atom. The van der Waals surface area contributed by atoms with E-state index in [0.29, 0.717) is 26.2 Å². The zero-order valence-corrected chi connectivity index (χ0v) is 16.5. The van der Waals surface area contributed by atoms with E-state index >= 15 is 0 Å². The zero-order valence-electron chi connectivity index (χ0n) is 16.5. The molecule has 1 heterocycles. The molecule has 0 N–H and O–H groups in total. The molecular formula is C22H22N4O3. The summed E-state index contributed by atoms with van der Waals surface area (Å²) in [6, 6.07) is 14.3. The number of benzene rings is 2. The van der Waals surface area contributed by atoms with Crippen molar-refractivity contribution < 1.29 is 9.72 Å². The van der Waals surface area contributed by atoms with Gasteiger partial charge in [-0.25, -0.2) is 0 Å². The third kappa shape index (κ3) is 4.61. The molecule has 0 spiro atoms. The molecule has 1 saturated heterocycles. The number of rotatable bonds is 4. The van der Waals surface area contributed by atoms with E-state index in [1.807, 2.05) is 38.1 Å². The molecule has 29 heavy (non-hydrogen) atoms. The van der Waals surface area contributed by atoms with Gasteiger partial charge in [-0.2, -0.15) is 5.26 Å². The summed E-state index contributed by atoms with van der Waals surface area (Å²) < 4.78 is 0. The number of carbonyl (C=O) groups is 1. The van der Waals surface area contributed by atoms with E-state index in [4.69, 9.17) is 0 Å². The lowest BCUT2D eigenvalue weighted by atomic mass is 10.0. The molecule has 0 aromatic heterocycles. The van der Waals surface area contributed by atoms with Gasteiger partial charge in [-0.1, -0.05) is 23.8 Å². The summed E-state index contributed by atoms with van der Waals surface area (Å²) in [5.41, 5.74) is 4.08. The van der Waals surface area contributed by atoms with Crippen LogP contribution in [0.2, 0.25) is 0 Å². The highest BCUT2D eigenvalue weighted by atomic mass is 16.6. The minimum atomic E-state index is -0.425. The SMILES string of the molecule is Cc1ccc(/C=C(\C#N)C(=O)N2CCN(c3ccc([N+](=O)[O-])cc3)CC2)c(C)c1. The Morgan fingerprint density at radius 1 is 1.10 bits per heavy atom. The fourth-order valence-electron chi connectivity index (χ4n) is 3.41. The van der Waals surface area contributed by atoms with Gasteiger partial charge >= 0.3 is 0 Å². The van der Waals surface area contributed by atoms with Gasteiger partial charge in [0.05, 0.1) is 4.92 Å². The number of nitro benzene ring substituents is 1. The van der Waals surface area contributed by atoms with Crippen LogP contribution in [0.25, 0.3) is 6.08 Å². The molecule has 1 fully saturated rings. The maximum atomic E-state index is 12.8. The van der Waals surface area contributed by atoms with Crippen LogP contribution < -0.4 is 4.90 Å². The second-order valence-electron chi connectivity index (χ2n) is 7.08. The summed E-state index contributed by atoms with van der Waals surface area (Å²) in [6.45, 7) is 6.14. The normalized spacial score (nSPS) is 14.4. The molecule has 0 radical (unpaired) electrons. The van der Waals surface area contributed by atoms with E-state index in [1.54, 1.807) is 23.1 Å². The summed E-state index contributed by atoms with van der Waals surface area (Å²) in [4.78, 5) is 26.9. The minimum absolute atomic E-state index is 0.0535. The van der Waals surface area contributed by atoms with Gasteiger partial charge in [0.25, 0.3) is 11.6 Å². The van der Waals surface area contributed by atoms with E-state index < -0.39 is 4.92 Å². The van der Waals surface area contributed by atoms with Crippen molar-refractivity contribution >= 4 is 23.4 Å². The van der Waals surface area contributed by atoms with E-state index in [2.05, 4.69) is 4.90 Å². The highest BCUT2D eigenvalue weighted by Gasteiger charge is 2.24. The molecular weight excluding hydrogens is 368 g/mol. The molecule has 0 aliphatic carbocycles. The number of nitro groups is 1. The highest BCUT2D eigenvalue weighted by molar-refractivity contribution is 6.02. The molecule has 148 valence electrons. The maximum absolute atomic E-state index is 12.8. The van der Waals surface area contributed by atoms with Crippen molar-refractivity contribution in [2.24, 2.45) is 0 Å². The summed E-state index contributed by atoms with van der Waals surface area (Å²) >= 11 is 0. The third-order valence-corrected chi connectivity index (χ3v) is 5.07. The number of amides is 1. The molecule has 1 amide bonds. The number of non-ortho nitro benzene ring substituents is 1. The van der Waals surface area contributed by atoms with Gasteiger partial charge in [-0.05, 0) is 43.2 Å². The molecule has 7 nitrogen and oxygen atoms in total. The summed E-state index contributed by atoms with van der Waals surface area (Å²) in [5.74, 6) is -0.268. The number of nitrogens with zero attached hydrogens (tertiary/aromatic N) is 4. The van der Waals surface area contributed by atoms with Crippen LogP contribution in [0.3, 0.4) is 0 Å². The van der Waals surface area contributed by atoms with Crippen LogP contribution in [0.4, 0.5) is 11.4 Å². The van der Waals surface area contributed by atoms with Crippen LogP contribution in [-0.2, 0) is 4.79 Å². The molecule has 3 rings (SSSR count). The van der Waals surface area contributed by atoms with Crippen molar-refractivity contribution in [3.8, 4) is 6.07 Å². The fraction of sp³-hybridized carbons (Fsp3) is 0.273. The first-order valence-corrected chi connectivity index (χ1v) is 9.37. The Hall–Kier alpha value is -3.66. The van der Waals surface area contributed by atoms with Crippen LogP contribution in [-0.4, -0.2) is 41.9 Å². The van der Waals surface area contributed by atoms with E-state index in [1.165, 1.54) is 12.1 Å². The minimum Gasteiger partial charge on any atom is -0.368 e. The largest absolute Gasteiger partial charge is 0.368 e. The van der Waals surface area contributed by atoms with E-state index in [9.17, 15) is 20.2 Å². The number of hydrogen-bond donors (Lipinski definition) is 0. The Labute approximate surface area is 169 Å². The number of anilines is 1. The van der Waals surface area contributed by atoms with Gasteiger partial charge in [-0.15, -0.1) is 0 Å². The number of nitriles is 1. The monoisotopic (exact) mass is 390 g/mol. The van der Waals surface area contributed by atoms with Gasteiger partial charge < -0.3 is 9.80 Å². The van der Waals surface area contributed by atoms with Crippen molar-refractivity contribution in [2.75, 3.05) is 31.1 Å². The van der Waals surface area contributed by atoms with Gasteiger partial charge in [0, 0.05) is 44.0 Å². The molecule has 0 atom stereocenters. The van der Waals surface area contributed by atoms with Crippen LogP contribution in [0.15, 0.2) is 48.0 Å². The predicted octanol–water partition coefficient (Wildman–Crippen LogP) is 3.47. The van der Waals surface area contributed by atoms with Crippen molar-refractivity contribution in [2.45, 2.75) is 13.8 Å². The molecule has 2 aromatic rings. The molecule has 0 bridgehead atoms. The molecule has 1 aliphatic heterocycles. The molecule has 2 aromatic carbocycles. The van der Waals surface area contributed by atoms with Crippen LogP contribution in [0, 0.1) is 35.3 Å². The standard InChI is InChI=1S/C22H22N4O3/c1-16-3-4-18(17(2)13-16)14-19(15-23)22(27)25-11-9-24(10-12-25)20-5-7-21(8-6-20)26(28)29/h3-8,13-14H,9-12H2,1-2H3/b19-14+. The Morgan fingerprint density at radius 3 is 2.31 bits per heavy atom. The van der Waals surface area contributed by atoms with Crippen LogP contribution >= 0.6 is 0 Å². The number of aryl methyl sites for hydroxylation is 2. The van der Waals surface area contributed by atoms with E-state index in [0.717, 1.165) is 22.4 Å². The average Bonchev–Trinajstić information content (AvgIpc) is 2.73. The summed E-state index contributed by atoms with van der Waals surface area (Å²) in [7, 11) is 0. The third-order valence-electron chi connectivity index (χ3n) is 5.07. The summed E-state index contributed by atoms with van der Waals surface area (Å²) in [6.07, 6.45) is 1.65. The maximum Gasteiger partial charge on any atom is 0.269 e. The topological polar surface area (TPSA) is 90.5 Å². The van der Waals surface area contributed by atoms with Crippen LogP contribution in [0.5, 0.6) is 0 Å². The molecule has 0 unspecified atom stereocenters. The van der Waals surface area contributed by atoms with Crippen molar-refractivity contribution in [1.82, 2.24) is 4.90 Å². The van der Waals surface area contributed by atoms with Crippen molar-refractivity contribution in [3.63, 3.8) is 0 Å². The second-order valence-corrected chi connectivity index (χ2v) is 7.08. The number of carbonyl (C=O) groups excluding carboxylic acids is 1. The quantitative estimate of drug-likeness (QED) is 0.345. The fourth-order valence-corrected chi connectivity index (χ4v) is 3.41. The average molecular weight is 390 g/mol. The lowest BCUT2D eigenvalue weighted by molar-refractivity contribution is -0.384. The van der Waals surface area contributed by atoms with Gasteiger partial charge in [0.2, 0.25) is 0 Å². The zero-order chi connectivity index (χ0) is 21.0. The lowest BCUT2D eigenvalue weighted by Crippen LogP contribution is -2.49. The first kappa shape index (κ1) is 20.1. The molecule has 0 saturated carbocycles. The highest BCUT2D eigenvalue weighted by Crippen LogP contribution is 2.21. The molecule has 1 aliphatic rings. The predicted molar refractivity (Wildman–Crippen MR) is 111 cm³/mol. The Bertz CT molecular complexity index is 998. The van der Waals surface area contributed by atoms with Crippen LogP contribution in [0.1, 0.15) is 16.7 Å². The van der Waals surface area contributed by atoms with Gasteiger partial charge in [-0.3, -0.25) is 14.9 Å². The Balaban J connectivity index is 1.67. The first-order valence-electron chi connectivity index (χ1n) is 9.37. The van der Waals surface area contributed by atoms with Crippen molar-refractivity contribution in [3.05, 3.63) is 74.8 Å². The van der Waals surface area contributed by atoms with Gasteiger partial charge in [0.15, 0.2) is 0 Å². The first-order chi connectivity index (χ1) is 13.9. The summed E-state index contributed by atoms with van der Waals surface area (Å²) in [5, 5.41) is 20.3. The molecule has 7 heteroatoms. The smallest absolute Gasteiger partial charge is 0.269 e.